The minimum Gasteiger partial charge on any atom is -0.504 e. The number of phenolic OH excluding ortho intramolecular Hbond substituents is 1. The second kappa shape index (κ2) is 8.52. The smallest absolute Gasteiger partial charge is 0.266 e. The van der Waals surface area contributed by atoms with Gasteiger partial charge in [0.2, 0.25) is 0 Å². The third-order valence-electron chi connectivity index (χ3n) is 4.37. The number of hydrogen-bond acceptors (Lipinski definition) is 5. The molecule has 1 aliphatic rings. The van der Waals surface area contributed by atoms with E-state index in [0.717, 1.165) is 22.4 Å². The lowest BCUT2D eigenvalue weighted by Crippen LogP contribution is -2.28. The number of aromatic hydroxyl groups is 1. The van der Waals surface area contributed by atoms with Gasteiger partial charge in [-0.05, 0) is 80.4 Å². The van der Waals surface area contributed by atoms with Gasteiger partial charge in [0.25, 0.3) is 5.91 Å². The molecule has 1 aliphatic heterocycles. The summed E-state index contributed by atoms with van der Waals surface area (Å²) in [6.07, 6.45) is 1.81. The number of phenols is 1. The first-order valence-corrected chi connectivity index (χ1v) is 10.1. The molecule has 1 N–H and O–H groups in total. The number of ether oxygens (including phenoxy) is 1. The van der Waals surface area contributed by atoms with Gasteiger partial charge in [-0.15, -0.1) is 0 Å². The van der Waals surface area contributed by atoms with Crippen LogP contribution in [0.25, 0.3) is 6.08 Å². The number of hydrogen-bond donors (Lipinski definition) is 1. The van der Waals surface area contributed by atoms with Crippen LogP contribution in [0.15, 0.2) is 46.3 Å². The number of aliphatic imine (C=N–C) groups is 1. The molecule has 146 valence electrons. The lowest BCUT2D eigenvalue weighted by atomic mass is 10.1. The van der Waals surface area contributed by atoms with Crippen LogP contribution in [0.4, 0.5) is 5.69 Å². The van der Waals surface area contributed by atoms with Gasteiger partial charge in [-0.1, -0.05) is 18.2 Å². The van der Waals surface area contributed by atoms with Gasteiger partial charge in [0, 0.05) is 6.54 Å². The highest BCUT2D eigenvalue weighted by molar-refractivity contribution is 8.18. The molecular formula is C22H24N2O3S. The number of carbonyl (C=O) groups excluding carboxylic acids is 1. The van der Waals surface area contributed by atoms with E-state index < -0.39 is 0 Å². The maximum absolute atomic E-state index is 12.8. The van der Waals surface area contributed by atoms with E-state index in [0.29, 0.717) is 29.0 Å². The first kappa shape index (κ1) is 20.0. The summed E-state index contributed by atoms with van der Waals surface area (Å²) in [5.41, 5.74) is 3.87. The summed E-state index contributed by atoms with van der Waals surface area (Å²) in [6.45, 7) is 8.84. The Balaban J connectivity index is 1.95. The zero-order valence-electron chi connectivity index (χ0n) is 16.5. The van der Waals surface area contributed by atoms with Crippen molar-refractivity contribution in [1.29, 1.82) is 0 Å². The summed E-state index contributed by atoms with van der Waals surface area (Å²) in [4.78, 5) is 19.9. The summed E-state index contributed by atoms with van der Waals surface area (Å²) in [5.74, 6) is 0.424. The minimum atomic E-state index is -0.0670. The number of thioether (sulfide) groups is 1. The lowest BCUT2D eigenvalue weighted by molar-refractivity contribution is -0.122. The Morgan fingerprint density at radius 1 is 1.18 bits per heavy atom. The number of nitrogens with zero attached hydrogens (tertiary/aromatic N) is 2. The topological polar surface area (TPSA) is 62.1 Å². The van der Waals surface area contributed by atoms with Gasteiger partial charge < -0.3 is 9.84 Å². The van der Waals surface area contributed by atoms with Gasteiger partial charge in [-0.3, -0.25) is 9.69 Å². The van der Waals surface area contributed by atoms with Crippen molar-refractivity contribution in [3.05, 3.63) is 58.0 Å². The average Bonchev–Trinajstić information content (AvgIpc) is 2.95. The summed E-state index contributed by atoms with van der Waals surface area (Å²) in [7, 11) is 0. The number of benzene rings is 2. The Morgan fingerprint density at radius 3 is 2.68 bits per heavy atom. The normalized spacial score (nSPS) is 17.0. The van der Waals surface area contributed by atoms with Gasteiger partial charge in [0.1, 0.15) is 0 Å². The molecule has 5 nitrogen and oxygen atoms in total. The van der Waals surface area contributed by atoms with E-state index in [-0.39, 0.29) is 11.7 Å². The Labute approximate surface area is 169 Å². The average molecular weight is 397 g/mol. The summed E-state index contributed by atoms with van der Waals surface area (Å²) >= 11 is 1.36. The summed E-state index contributed by atoms with van der Waals surface area (Å²) in [6, 6.07) is 11.2. The Bertz CT molecular complexity index is 966. The van der Waals surface area contributed by atoms with Gasteiger partial charge in [0.15, 0.2) is 16.7 Å². The van der Waals surface area contributed by atoms with E-state index >= 15 is 0 Å². The molecule has 0 atom stereocenters. The van der Waals surface area contributed by atoms with Crippen LogP contribution >= 0.6 is 11.8 Å². The molecule has 1 heterocycles. The van der Waals surface area contributed by atoms with Crippen LogP contribution in [0.2, 0.25) is 0 Å². The van der Waals surface area contributed by atoms with Gasteiger partial charge in [-0.2, -0.15) is 0 Å². The molecule has 2 aromatic carbocycles. The van der Waals surface area contributed by atoms with Crippen LogP contribution < -0.4 is 4.74 Å². The fourth-order valence-corrected chi connectivity index (χ4v) is 3.91. The van der Waals surface area contributed by atoms with Crippen molar-refractivity contribution in [2.75, 3.05) is 13.2 Å². The monoisotopic (exact) mass is 396 g/mol. The maximum Gasteiger partial charge on any atom is 0.266 e. The lowest BCUT2D eigenvalue weighted by Gasteiger charge is -2.12. The van der Waals surface area contributed by atoms with Crippen LogP contribution in [-0.4, -0.2) is 34.2 Å². The van der Waals surface area contributed by atoms with Crippen LogP contribution in [0, 0.1) is 13.8 Å². The first-order chi connectivity index (χ1) is 13.4. The van der Waals surface area contributed by atoms with Crippen molar-refractivity contribution in [1.82, 2.24) is 4.90 Å². The highest BCUT2D eigenvalue weighted by atomic mass is 32.2. The molecular weight excluding hydrogens is 372 g/mol. The minimum absolute atomic E-state index is 0.0670. The fraction of sp³-hybridized carbons (Fsp3) is 0.273. The predicted molar refractivity (Wildman–Crippen MR) is 115 cm³/mol. The van der Waals surface area contributed by atoms with Crippen molar-refractivity contribution in [2.45, 2.75) is 27.7 Å². The number of carbonyl (C=O) groups is 1. The van der Waals surface area contributed by atoms with E-state index in [9.17, 15) is 9.90 Å². The first-order valence-electron chi connectivity index (χ1n) is 9.26. The third-order valence-corrected chi connectivity index (χ3v) is 5.37. The van der Waals surface area contributed by atoms with Crippen LogP contribution in [-0.2, 0) is 4.79 Å². The maximum atomic E-state index is 12.8. The molecule has 1 saturated heterocycles. The molecule has 0 aliphatic carbocycles. The van der Waals surface area contributed by atoms with E-state index in [2.05, 4.69) is 6.07 Å². The Hall–Kier alpha value is -2.73. The predicted octanol–water partition coefficient (Wildman–Crippen LogP) is 5.03. The molecule has 0 spiro atoms. The number of amides is 1. The van der Waals surface area contributed by atoms with Gasteiger partial charge in [-0.25, -0.2) is 4.99 Å². The van der Waals surface area contributed by atoms with Gasteiger partial charge in [0.05, 0.1) is 17.2 Å². The van der Waals surface area contributed by atoms with Crippen molar-refractivity contribution in [3.63, 3.8) is 0 Å². The Morgan fingerprint density at radius 2 is 1.96 bits per heavy atom. The molecule has 0 aromatic heterocycles. The standard InChI is InChI=1S/C22H24N2O3S/c1-5-24-21(26)20(13-16-9-10-18(25)19(12-16)27-6-2)28-22(24)23-17-11-14(3)7-8-15(17)4/h7-13,25H,5-6H2,1-4H3/b20-13+,23-22?. The van der Waals surface area contributed by atoms with Gasteiger partial charge >= 0.3 is 0 Å². The van der Waals surface area contributed by atoms with Crippen LogP contribution in [0.5, 0.6) is 11.5 Å². The zero-order chi connectivity index (χ0) is 20.3. The van der Waals surface area contributed by atoms with Crippen molar-refractivity contribution in [3.8, 4) is 11.5 Å². The molecule has 0 unspecified atom stereocenters. The SMILES string of the molecule is CCOc1cc(/C=C2/SC(=Nc3cc(C)ccc3C)N(CC)C2=O)ccc1O. The van der Waals surface area contributed by atoms with Crippen LogP contribution in [0.3, 0.4) is 0 Å². The van der Waals surface area contributed by atoms with Crippen molar-refractivity contribution < 1.29 is 14.6 Å². The molecule has 1 fully saturated rings. The molecule has 2 aromatic rings. The number of amidine groups is 1. The second-order valence-corrected chi connectivity index (χ2v) is 7.51. The highest BCUT2D eigenvalue weighted by Crippen LogP contribution is 2.36. The van der Waals surface area contributed by atoms with E-state index in [4.69, 9.17) is 9.73 Å². The molecule has 0 radical (unpaired) electrons. The number of likely N-dealkylation sites (N-methyl/N-ethyl adjacent to an activating group) is 1. The molecule has 0 saturated carbocycles. The molecule has 1 amide bonds. The highest BCUT2D eigenvalue weighted by Gasteiger charge is 2.32. The second-order valence-electron chi connectivity index (χ2n) is 6.50. The van der Waals surface area contributed by atoms with E-state index in [1.165, 1.54) is 11.8 Å². The fourth-order valence-electron chi connectivity index (χ4n) is 2.86. The van der Waals surface area contributed by atoms with Crippen LogP contribution in [0.1, 0.15) is 30.5 Å². The zero-order valence-corrected chi connectivity index (χ0v) is 17.3. The largest absolute Gasteiger partial charge is 0.504 e. The summed E-state index contributed by atoms with van der Waals surface area (Å²) < 4.78 is 5.43. The molecule has 0 bridgehead atoms. The third kappa shape index (κ3) is 4.22. The Kier molecular flexibility index (Phi) is 6.09. The number of rotatable bonds is 5. The van der Waals surface area contributed by atoms with E-state index in [1.807, 2.05) is 45.9 Å². The van der Waals surface area contributed by atoms with Crippen molar-refractivity contribution >= 4 is 34.6 Å². The quantitative estimate of drug-likeness (QED) is 0.720. The molecule has 3 rings (SSSR count). The molecule has 28 heavy (non-hydrogen) atoms. The number of aryl methyl sites for hydroxylation is 2. The molecule has 6 heteroatoms. The van der Waals surface area contributed by atoms with Crippen molar-refractivity contribution in [2.24, 2.45) is 4.99 Å². The summed E-state index contributed by atoms with van der Waals surface area (Å²) in [5, 5.41) is 10.5. The van der Waals surface area contributed by atoms with E-state index in [1.54, 1.807) is 23.1 Å².